The predicted molar refractivity (Wildman–Crippen MR) is 47.9 cm³/mol. The molecule has 0 heterocycles. The van der Waals surface area contributed by atoms with Crippen molar-refractivity contribution in [2.75, 3.05) is 13.2 Å². The Morgan fingerprint density at radius 1 is 1.70 bits per heavy atom. The molecule has 0 aliphatic carbocycles. The van der Waals surface area contributed by atoms with Crippen molar-refractivity contribution in [1.29, 1.82) is 0 Å². The molecule has 10 heavy (non-hydrogen) atoms. The van der Waals surface area contributed by atoms with Crippen LogP contribution in [0.5, 0.6) is 0 Å². The first-order valence-corrected chi connectivity index (χ1v) is 6.36. The summed E-state index contributed by atoms with van der Waals surface area (Å²) in [7, 11) is 0. The molecular formula is C5H10ClO2PS. The third-order valence-corrected chi connectivity index (χ3v) is 2.87. The Morgan fingerprint density at radius 2 is 2.30 bits per heavy atom. The monoisotopic (exact) mass is 200 g/mol. The van der Waals surface area contributed by atoms with Gasteiger partial charge in [0.25, 0.3) is 5.84 Å². The number of halogens is 1. The molecule has 0 rings (SSSR count). The first-order valence-electron chi connectivity index (χ1n) is 2.82. The fraction of sp³-hybridized carbons (Fsp3) is 0.600. The SMILES string of the molecule is C=CCOP(=S)(Cl)OCC. The van der Waals surface area contributed by atoms with E-state index in [2.05, 4.69) is 6.58 Å². The second-order valence-corrected chi connectivity index (χ2v) is 6.19. The molecule has 0 aromatic rings. The molecule has 5 heteroatoms. The summed E-state index contributed by atoms with van der Waals surface area (Å²) in [6.45, 7) is 6.11. The van der Waals surface area contributed by atoms with Crippen molar-refractivity contribution in [3.63, 3.8) is 0 Å². The smallest absolute Gasteiger partial charge is 0.282 e. The van der Waals surface area contributed by atoms with E-state index >= 15 is 0 Å². The zero-order chi connectivity index (χ0) is 8.04. The summed E-state index contributed by atoms with van der Waals surface area (Å²) in [6, 6.07) is 0. The highest BCUT2D eigenvalue weighted by Gasteiger charge is 2.11. The van der Waals surface area contributed by atoms with Crippen LogP contribution in [0.15, 0.2) is 12.7 Å². The van der Waals surface area contributed by atoms with E-state index in [9.17, 15) is 0 Å². The maximum Gasteiger partial charge on any atom is 0.282 e. The summed E-state index contributed by atoms with van der Waals surface area (Å²) in [4.78, 5) is 0. The lowest BCUT2D eigenvalue weighted by Gasteiger charge is -2.11. The van der Waals surface area contributed by atoms with Gasteiger partial charge < -0.3 is 9.05 Å². The van der Waals surface area contributed by atoms with Gasteiger partial charge >= 0.3 is 0 Å². The van der Waals surface area contributed by atoms with Crippen LogP contribution in [0.3, 0.4) is 0 Å². The van der Waals surface area contributed by atoms with Gasteiger partial charge in [0.15, 0.2) is 0 Å². The lowest BCUT2D eigenvalue weighted by Crippen LogP contribution is -1.89. The van der Waals surface area contributed by atoms with Gasteiger partial charge in [-0.05, 0) is 30.0 Å². The molecule has 0 fully saturated rings. The van der Waals surface area contributed by atoms with Gasteiger partial charge in [-0.15, -0.1) is 6.58 Å². The molecule has 60 valence electrons. The maximum atomic E-state index is 5.65. The van der Waals surface area contributed by atoms with Crippen molar-refractivity contribution < 1.29 is 9.05 Å². The summed E-state index contributed by atoms with van der Waals surface area (Å²) in [6.07, 6.45) is 1.59. The van der Waals surface area contributed by atoms with Crippen molar-refractivity contribution in [2.45, 2.75) is 6.92 Å². The summed E-state index contributed by atoms with van der Waals surface area (Å²) in [5.74, 6) is -2.47. The molecule has 0 saturated carbocycles. The molecule has 0 amide bonds. The van der Waals surface area contributed by atoms with Gasteiger partial charge in [0, 0.05) is 0 Å². The standard InChI is InChI=1S/C5H10ClO2PS/c1-3-5-8-9(6,10)7-4-2/h3H,1,4-5H2,2H3. The van der Waals surface area contributed by atoms with Gasteiger partial charge in [-0.3, -0.25) is 0 Å². The molecule has 1 unspecified atom stereocenters. The Bertz CT molecular complexity index is 151. The molecule has 0 spiro atoms. The van der Waals surface area contributed by atoms with E-state index in [4.69, 9.17) is 32.1 Å². The van der Waals surface area contributed by atoms with Crippen molar-refractivity contribution in [3.8, 4) is 0 Å². The van der Waals surface area contributed by atoms with E-state index in [0.29, 0.717) is 13.2 Å². The molecule has 0 aliphatic rings. The summed E-state index contributed by atoms with van der Waals surface area (Å²) >= 11 is 10.4. The van der Waals surface area contributed by atoms with Gasteiger partial charge in [-0.1, -0.05) is 6.08 Å². The highest BCUT2D eigenvalue weighted by Crippen LogP contribution is 2.53. The number of rotatable bonds is 5. The Balaban J connectivity index is 3.63. The van der Waals surface area contributed by atoms with E-state index in [1.807, 2.05) is 6.92 Å². The highest BCUT2D eigenvalue weighted by molar-refractivity contribution is 8.22. The van der Waals surface area contributed by atoms with Crippen LogP contribution < -0.4 is 0 Å². The van der Waals surface area contributed by atoms with E-state index < -0.39 is 5.84 Å². The van der Waals surface area contributed by atoms with Crippen molar-refractivity contribution in [3.05, 3.63) is 12.7 Å². The fourth-order valence-electron chi connectivity index (χ4n) is 0.333. The third kappa shape index (κ3) is 5.39. The first-order chi connectivity index (χ1) is 4.62. The van der Waals surface area contributed by atoms with Crippen LogP contribution in [0.25, 0.3) is 0 Å². The van der Waals surface area contributed by atoms with Gasteiger partial charge in [-0.25, -0.2) is 0 Å². The number of hydrogen-bond donors (Lipinski definition) is 0. The molecule has 0 bridgehead atoms. The molecule has 0 aliphatic heterocycles. The fourth-order valence-corrected chi connectivity index (χ4v) is 1.96. The van der Waals surface area contributed by atoms with Crippen LogP contribution in [0.2, 0.25) is 0 Å². The Morgan fingerprint density at radius 3 is 2.70 bits per heavy atom. The largest absolute Gasteiger partial charge is 0.318 e. The molecule has 0 aromatic carbocycles. The molecular weight excluding hydrogens is 191 g/mol. The van der Waals surface area contributed by atoms with Crippen LogP contribution in [0.1, 0.15) is 6.92 Å². The first kappa shape index (κ1) is 10.6. The minimum Gasteiger partial charge on any atom is -0.318 e. The molecule has 0 radical (unpaired) electrons. The second kappa shape index (κ2) is 5.28. The maximum absolute atomic E-state index is 5.65. The van der Waals surface area contributed by atoms with Crippen LogP contribution in [-0.4, -0.2) is 13.2 Å². The topological polar surface area (TPSA) is 18.5 Å². The van der Waals surface area contributed by atoms with E-state index in [1.165, 1.54) is 0 Å². The number of hydrogen-bond acceptors (Lipinski definition) is 3. The van der Waals surface area contributed by atoms with Crippen molar-refractivity contribution in [2.24, 2.45) is 0 Å². The van der Waals surface area contributed by atoms with Crippen LogP contribution in [-0.2, 0) is 20.9 Å². The van der Waals surface area contributed by atoms with Crippen LogP contribution in [0, 0.1) is 0 Å². The molecule has 2 nitrogen and oxygen atoms in total. The summed E-state index contributed by atoms with van der Waals surface area (Å²) in [5.41, 5.74) is 0. The summed E-state index contributed by atoms with van der Waals surface area (Å²) < 4.78 is 9.92. The van der Waals surface area contributed by atoms with Gasteiger partial charge in [0.05, 0.1) is 13.2 Å². The van der Waals surface area contributed by atoms with Crippen molar-refractivity contribution in [1.82, 2.24) is 0 Å². The highest BCUT2D eigenvalue weighted by atomic mass is 35.7. The average molecular weight is 201 g/mol. The Kier molecular flexibility index (Phi) is 5.59. The lowest BCUT2D eigenvalue weighted by atomic mass is 10.7. The summed E-state index contributed by atoms with van der Waals surface area (Å²) in [5, 5.41) is 0. The second-order valence-electron chi connectivity index (χ2n) is 1.43. The van der Waals surface area contributed by atoms with Crippen molar-refractivity contribution >= 4 is 28.9 Å². The van der Waals surface area contributed by atoms with Crippen LogP contribution in [0.4, 0.5) is 0 Å². The Labute approximate surface area is 71.1 Å². The van der Waals surface area contributed by atoms with Gasteiger partial charge in [-0.2, -0.15) is 0 Å². The Hall–Kier alpha value is 0.600. The van der Waals surface area contributed by atoms with Gasteiger partial charge in [0.2, 0.25) is 0 Å². The molecule has 0 aromatic heterocycles. The average Bonchev–Trinajstić information content (AvgIpc) is 1.84. The van der Waals surface area contributed by atoms with E-state index in [1.54, 1.807) is 6.08 Å². The zero-order valence-corrected chi connectivity index (χ0v) is 8.22. The minimum atomic E-state index is -2.47. The van der Waals surface area contributed by atoms with E-state index in [0.717, 1.165) is 0 Å². The molecule has 1 atom stereocenters. The normalized spacial score (nSPS) is 16.2. The predicted octanol–water partition coefficient (Wildman–Crippen LogP) is 2.69. The van der Waals surface area contributed by atoms with Crippen LogP contribution >= 0.6 is 17.1 Å². The lowest BCUT2D eigenvalue weighted by molar-refractivity contribution is 0.290. The third-order valence-electron chi connectivity index (χ3n) is 0.630. The molecule has 0 N–H and O–H groups in total. The van der Waals surface area contributed by atoms with Gasteiger partial charge in [0.1, 0.15) is 0 Å². The van der Waals surface area contributed by atoms with E-state index in [-0.39, 0.29) is 0 Å². The quantitative estimate of drug-likeness (QED) is 0.502. The molecule has 0 saturated heterocycles. The zero-order valence-electron chi connectivity index (χ0n) is 5.75. The minimum absolute atomic E-state index is 0.348.